The molecule has 0 bridgehead atoms. The highest BCUT2D eigenvalue weighted by molar-refractivity contribution is 6.31. The maximum Gasteiger partial charge on any atom is 0.273 e. The first-order valence-electron chi connectivity index (χ1n) is 11.4. The summed E-state index contributed by atoms with van der Waals surface area (Å²) in [4.78, 5) is 21.8. The Morgan fingerprint density at radius 1 is 1.17 bits per heavy atom. The summed E-state index contributed by atoms with van der Waals surface area (Å²) in [5.41, 5.74) is 3.75. The summed E-state index contributed by atoms with van der Waals surface area (Å²) in [6.45, 7) is 3.67. The molecule has 1 aliphatic carbocycles. The van der Waals surface area contributed by atoms with Crippen molar-refractivity contribution in [2.45, 2.75) is 44.7 Å². The van der Waals surface area contributed by atoms with Crippen LogP contribution in [-0.4, -0.2) is 39.7 Å². The van der Waals surface area contributed by atoms with Crippen LogP contribution in [0.5, 0.6) is 0 Å². The number of aromatic nitrogens is 7. The maximum absolute atomic E-state index is 14.6. The SMILES string of the molecule is CC(NC(=O)c1cn(C(C)c2cn3cc(C4CC4)ccc3n2)nn1)c1ncn2ccc(Cl)c(F)c12. The fourth-order valence-corrected chi connectivity index (χ4v) is 4.44. The van der Waals surface area contributed by atoms with E-state index < -0.39 is 17.8 Å². The molecule has 5 aromatic rings. The summed E-state index contributed by atoms with van der Waals surface area (Å²) in [5, 5.41) is 11.0. The molecule has 5 heterocycles. The van der Waals surface area contributed by atoms with Gasteiger partial charge in [0.2, 0.25) is 0 Å². The molecule has 35 heavy (non-hydrogen) atoms. The Morgan fingerprint density at radius 3 is 2.80 bits per heavy atom. The van der Waals surface area contributed by atoms with E-state index in [0.717, 1.165) is 11.3 Å². The van der Waals surface area contributed by atoms with E-state index in [-0.39, 0.29) is 22.3 Å². The molecule has 0 radical (unpaired) electrons. The highest BCUT2D eigenvalue weighted by atomic mass is 35.5. The van der Waals surface area contributed by atoms with Gasteiger partial charge in [0.1, 0.15) is 11.2 Å². The Hall–Kier alpha value is -3.79. The van der Waals surface area contributed by atoms with E-state index in [1.807, 2.05) is 23.6 Å². The second-order valence-corrected chi connectivity index (χ2v) is 9.39. The lowest BCUT2D eigenvalue weighted by Gasteiger charge is -2.12. The van der Waals surface area contributed by atoms with Gasteiger partial charge in [0.25, 0.3) is 5.91 Å². The molecule has 1 saturated carbocycles. The van der Waals surface area contributed by atoms with Crippen LogP contribution in [0.4, 0.5) is 4.39 Å². The minimum absolute atomic E-state index is 0.00887. The number of amides is 1. The van der Waals surface area contributed by atoms with Crippen LogP contribution in [0, 0.1) is 5.82 Å². The molecule has 2 unspecified atom stereocenters. The van der Waals surface area contributed by atoms with Gasteiger partial charge in [-0.15, -0.1) is 5.10 Å². The summed E-state index contributed by atoms with van der Waals surface area (Å²) in [7, 11) is 0. The molecule has 1 aliphatic rings. The van der Waals surface area contributed by atoms with E-state index in [9.17, 15) is 9.18 Å². The third-order valence-corrected chi connectivity index (χ3v) is 6.78. The van der Waals surface area contributed by atoms with E-state index in [2.05, 4.69) is 32.9 Å². The Balaban J connectivity index is 1.20. The molecule has 0 aromatic carbocycles. The summed E-state index contributed by atoms with van der Waals surface area (Å²) in [5.74, 6) is -0.363. The van der Waals surface area contributed by atoms with Gasteiger partial charge in [-0.05, 0) is 50.3 Å². The van der Waals surface area contributed by atoms with Crippen molar-refractivity contribution >= 4 is 28.7 Å². The molecule has 178 valence electrons. The minimum atomic E-state index is -0.584. The number of nitrogens with zero attached hydrogens (tertiary/aromatic N) is 7. The number of hydrogen-bond acceptors (Lipinski definition) is 5. The average Bonchev–Trinajstić information content (AvgIpc) is 3.24. The standard InChI is InChI=1S/C24H22ClFN8O/c1-13(22-23-21(26)17(25)7-8-32(23)12-27-22)28-24(35)19-11-34(31-30-19)14(2)18-10-33-9-16(15-3-4-15)5-6-20(33)29-18/h5-15H,3-4H2,1-2H3,(H,28,35). The maximum atomic E-state index is 14.6. The third kappa shape index (κ3) is 3.83. The quantitative estimate of drug-likeness (QED) is 0.380. The first-order valence-corrected chi connectivity index (χ1v) is 11.8. The van der Waals surface area contributed by atoms with Crippen LogP contribution in [-0.2, 0) is 0 Å². The summed E-state index contributed by atoms with van der Waals surface area (Å²) >= 11 is 5.92. The number of fused-ring (bicyclic) bond motifs is 2. The molecule has 1 fully saturated rings. The van der Waals surface area contributed by atoms with Crippen molar-refractivity contribution in [2.75, 3.05) is 0 Å². The van der Waals surface area contributed by atoms with Crippen LogP contribution < -0.4 is 5.32 Å². The second-order valence-electron chi connectivity index (χ2n) is 8.99. The number of nitrogens with one attached hydrogen (secondary N) is 1. The lowest BCUT2D eigenvalue weighted by molar-refractivity contribution is 0.0934. The molecule has 5 aromatic heterocycles. The van der Waals surface area contributed by atoms with Crippen molar-refractivity contribution in [2.24, 2.45) is 0 Å². The number of carbonyl (C=O) groups is 1. The number of hydrogen-bond donors (Lipinski definition) is 1. The van der Waals surface area contributed by atoms with Crippen molar-refractivity contribution in [1.82, 2.24) is 39.1 Å². The zero-order valence-electron chi connectivity index (χ0n) is 19.1. The molecule has 9 nitrogen and oxygen atoms in total. The van der Waals surface area contributed by atoms with Crippen LogP contribution in [0.1, 0.15) is 72.1 Å². The first-order chi connectivity index (χ1) is 16.9. The third-order valence-electron chi connectivity index (χ3n) is 6.49. The number of rotatable bonds is 6. The first kappa shape index (κ1) is 21.7. The molecule has 0 aliphatic heterocycles. The highest BCUT2D eigenvalue weighted by Crippen LogP contribution is 2.40. The topological polar surface area (TPSA) is 94.4 Å². The normalized spacial score (nSPS) is 15.5. The van der Waals surface area contributed by atoms with E-state index in [0.29, 0.717) is 11.6 Å². The molecule has 11 heteroatoms. The molecular weight excluding hydrogens is 471 g/mol. The average molecular weight is 493 g/mol. The van der Waals surface area contributed by atoms with Crippen LogP contribution in [0.3, 0.4) is 0 Å². The summed E-state index contributed by atoms with van der Waals surface area (Å²) in [6, 6.07) is 4.81. The van der Waals surface area contributed by atoms with Crippen molar-refractivity contribution in [1.29, 1.82) is 0 Å². The van der Waals surface area contributed by atoms with E-state index in [1.165, 1.54) is 35.2 Å². The van der Waals surface area contributed by atoms with E-state index >= 15 is 0 Å². The van der Waals surface area contributed by atoms with Gasteiger partial charge in [-0.2, -0.15) is 0 Å². The number of carbonyl (C=O) groups excluding carboxylic acids is 1. The lowest BCUT2D eigenvalue weighted by Crippen LogP contribution is -2.27. The fraction of sp³-hybridized carbons (Fsp3) is 0.292. The molecule has 0 saturated heterocycles. The monoisotopic (exact) mass is 492 g/mol. The summed E-state index contributed by atoms with van der Waals surface area (Å²) < 4.78 is 19.7. The Bertz CT molecular complexity index is 1580. The van der Waals surface area contributed by atoms with Gasteiger partial charge >= 0.3 is 0 Å². The van der Waals surface area contributed by atoms with Crippen LogP contribution in [0.25, 0.3) is 11.2 Å². The zero-order chi connectivity index (χ0) is 24.3. The molecule has 6 rings (SSSR count). The molecule has 1 N–H and O–H groups in total. The van der Waals surface area contributed by atoms with E-state index in [1.54, 1.807) is 24.0 Å². The molecular formula is C24H22ClFN8O. The highest BCUT2D eigenvalue weighted by Gasteiger charge is 2.25. The van der Waals surface area contributed by atoms with Crippen LogP contribution in [0.2, 0.25) is 5.02 Å². The smallest absolute Gasteiger partial charge is 0.273 e. The van der Waals surface area contributed by atoms with Crippen molar-refractivity contribution in [3.05, 3.63) is 82.8 Å². The van der Waals surface area contributed by atoms with Gasteiger partial charge in [-0.3, -0.25) is 4.79 Å². The van der Waals surface area contributed by atoms with Crippen LogP contribution in [0.15, 0.2) is 49.3 Å². The number of pyridine rings is 2. The molecule has 1 amide bonds. The Kier molecular flexibility index (Phi) is 5.06. The second kappa shape index (κ2) is 8.16. The Morgan fingerprint density at radius 2 is 2.00 bits per heavy atom. The van der Waals surface area contributed by atoms with Gasteiger partial charge in [0, 0.05) is 18.6 Å². The largest absolute Gasteiger partial charge is 0.342 e. The predicted octanol–water partition coefficient (Wildman–Crippen LogP) is 4.34. The van der Waals surface area contributed by atoms with E-state index in [4.69, 9.17) is 16.6 Å². The van der Waals surface area contributed by atoms with Crippen LogP contribution >= 0.6 is 11.6 Å². The Labute approximate surface area is 204 Å². The van der Waals surface area contributed by atoms with Gasteiger partial charge in [-0.25, -0.2) is 19.0 Å². The van der Waals surface area contributed by atoms with Gasteiger partial charge in [0.15, 0.2) is 11.5 Å². The minimum Gasteiger partial charge on any atom is -0.342 e. The lowest BCUT2D eigenvalue weighted by atomic mass is 10.2. The van der Waals surface area contributed by atoms with Crippen molar-refractivity contribution < 1.29 is 9.18 Å². The van der Waals surface area contributed by atoms with Crippen molar-refractivity contribution in [3.8, 4) is 0 Å². The molecule has 0 spiro atoms. The predicted molar refractivity (Wildman–Crippen MR) is 127 cm³/mol. The summed E-state index contributed by atoms with van der Waals surface area (Å²) in [6.07, 6.45) is 11.3. The number of halogens is 2. The van der Waals surface area contributed by atoms with Crippen molar-refractivity contribution in [3.63, 3.8) is 0 Å². The van der Waals surface area contributed by atoms with Gasteiger partial charge < -0.3 is 14.1 Å². The zero-order valence-corrected chi connectivity index (χ0v) is 19.8. The number of imidazole rings is 2. The van der Waals surface area contributed by atoms with Gasteiger partial charge in [-0.1, -0.05) is 22.9 Å². The van der Waals surface area contributed by atoms with Gasteiger partial charge in [0.05, 0.1) is 41.0 Å². The fourth-order valence-electron chi connectivity index (χ4n) is 4.30. The molecule has 2 atom stereocenters.